The standard InChI is InChI=1S/C10H17N3S.C8H12N2OS.C2H6/c1-9-8-12-10(14-9)11-4-7-13-5-2-3-6-13;1-5(2)7(11)10-8-9-4-6(3)12-8;1-2/h8H,2-7H2,1H3,(H,11,12);4-5H,1-3H3,(H,9,10,11);1-2H3. The van der Waals surface area contributed by atoms with Crippen LogP contribution in [-0.2, 0) is 4.79 Å². The Balaban J connectivity index is 0.000000260. The van der Waals surface area contributed by atoms with Crippen LogP contribution >= 0.6 is 22.7 Å². The normalized spacial score (nSPS) is 13.4. The first kappa shape index (κ1) is 24.5. The summed E-state index contributed by atoms with van der Waals surface area (Å²) in [5, 5.41) is 7.83. The van der Waals surface area contributed by atoms with Crippen molar-refractivity contribution >= 4 is 38.8 Å². The van der Waals surface area contributed by atoms with E-state index in [1.54, 1.807) is 17.5 Å². The number of likely N-dealkylation sites (tertiary alicyclic amines) is 1. The minimum Gasteiger partial charge on any atom is -0.360 e. The van der Waals surface area contributed by atoms with Crippen molar-refractivity contribution in [2.75, 3.05) is 36.8 Å². The van der Waals surface area contributed by atoms with Gasteiger partial charge >= 0.3 is 0 Å². The van der Waals surface area contributed by atoms with Crippen LogP contribution in [-0.4, -0.2) is 47.0 Å². The largest absolute Gasteiger partial charge is 0.360 e. The molecule has 1 amide bonds. The zero-order valence-electron chi connectivity index (χ0n) is 18.0. The Kier molecular flexibility index (Phi) is 11.9. The Bertz CT molecular complexity index is 678. The number of hydrogen-bond donors (Lipinski definition) is 2. The molecule has 0 aliphatic carbocycles. The Morgan fingerprint density at radius 1 is 1.07 bits per heavy atom. The van der Waals surface area contributed by atoms with E-state index >= 15 is 0 Å². The highest BCUT2D eigenvalue weighted by Gasteiger charge is 2.10. The maximum atomic E-state index is 11.2. The summed E-state index contributed by atoms with van der Waals surface area (Å²) in [6.07, 6.45) is 6.41. The van der Waals surface area contributed by atoms with E-state index in [1.807, 2.05) is 40.8 Å². The zero-order chi connectivity index (χ0) is 20.9. The van der Waals surface area contributed by atoms with Crippen molar-refractivity contribution in [3.05, 3.63) is 22.1 Å². The van der Waals surface area contributed by atoms with E-state index in [2.05, 4.69) is 32.4 Å². The van der Waals surface area contributed by atoms with Gasteiger partial charge in [0.1, 0.15) is 0 Å². The van der Waals surface area contributed by atoms with Crippen LogP contribution in [0.25, 0.3) is 0 Å². The van der Waals surface area contributed by atoms with E-state index < -0.39 is 0 Å². The van der Waals surface area contributed by atoms with E-state index in [0.717, 1.165) is 23.1 Å². The first-order valence-corrected chi connectivity index (χ1v) is 11.7. The molecule has 2 aromatic heterocycles. The van der Waals surface area contributed by atoms with Gasteiger partial charge in [0.05, 0.1) is 0 Å². The summed E-state index contributed by atoms with van der Waals surface area (Å²) < 4.78 is 0. The van der Waals surface area contributed by atoms with Crippen molar-refractivity contribution in [3.8, 4) is 0 Å². The average molecular weight is 426 g/mol. The van der Waals surface area contributed by atoms with Crippen LogP contribution in [0.3, 0.4) is 0 Å². The summed E-state index contributed by atoms with van der Waals surface area (Å²) in [5.74, 6) is 0.0264. The van der Waals surface area contributed by atoms with Gasteiger partial charge in [-0.1, -0.05) is 27.7 Å². The van der Waals surface area contributed by atoms with Crippen LogP contribution in [0.15, 0.2) is 12.4 Å². The van der Waals surface area contributed by atoms with E-state index in [1.165, 1.54) is 42.1 Å². The number of nitrogens with one attached hydrogen (secondary N) is 2. The molecule has 0 bridgehead atoms. The van der Waals surface area contributed by atoms with Crippen LogP contribution in [0.4, 0.5) is 10.3 Å². The van der Waals surface area contributed by atoms with Gasteiger partial charge in [-0.15, -0.1) is 22.7 Å². The van der Waals surface area contributed by atoms with Crippen LogP contribution in [0.5, 0.6) is 0 Å². The van der Waals surface area contributed by atoms with Crippen molar-refractivity contribution in [2.24, 2.45) is 5.92 Å². The smallest absolute Gasteiger partial charge is 0.228 e. The number of amides is 1. The van der Waals surface area contributed by atoms with Crippen LogP contribution in [0.2, 0.25) is 0 Å². The van der Waals surface area contributed by atoms with Gasteiger partial charge in [0.15, 0.2) is 10.3 Å². The summed E-state index contributed by atoms with van der Waals surface area (Å²) in [7, 11) is 0. The summed E-state index contributed by atoms with van der Waals surface area (Å²) in [5.41, 5.74) is 0. The predicted octanol–water partition coefficient (Wildman–Crippen LogP) is 5.03. The molecule has 1 aliphatic heterocycles. The quantitative estimate of drug-likeness (QED) is 0.679. The Morgan fingerprint density at radius 3 is 2.07 bits per heavy atom. The van der Waals surface area contributed by atoms with Crippen LogP contribution in [0.1, 0.15) is 50.3 Å². The summed E-state index contributed by atoms with van der Waals surface area (Å²) in [6, 6.07) is 0. The molecule has 1 saturated heterocycles. The highest BCUT2D eigenvalue weighted by atomic mass is 32.1. The van der Waals surface area contributed by atoms with E-state index in [9.17, 15) is 4.79 Å². The van der Waals surface area contributed by atoms with Gasteiger partial charge in [-0.2, -0.15) is 0 Å². The molecule has 1 fully saturated rings. The molecule has 0 radical (unpaired) electrons. The van der Waals surface area contributed by atoms with Crippen molar-refractivity contribution < 1.29 is 4.79 Å². The summed E-state index contributed by atoms with van der Waals surface area (Å²) in [6.45, 7) is 16.5. The fourth-order valence-corrected chi connectivity index (χ4v) is 3.78. The summed E-state index contributed by atoms with van der Waals surface area (Å²) in [4.78, 5) is 24.4. The molecule has 0 atom stereocenters. The van der Waals surface area contributed by atoms with Gasteiger partial charge in [0.25, 0.3) is 0 Å². The van der Waals surface area contributed by atoms with Crippen molar-refractivity contribution in [3.63, 3.8) is 0 Å². The number of aromatic nitrogens is 2. The molecule has 0 unspecified atom stereocenters. The monoisotopic (exact) mass is 425 g/mol. The first-order valence-electron chi connectivity index (χ1n) is 10.1. The number of anilines is 2. The third kappa shape index (κ3) is 9.61. The van der Waals surface area contributed by atoms with Crippen LogP contribution in [0, 0.1) is 19.8 Å². The van der Waals surface area contributed by atoms with Crippen molar-refractivity contribution in [1.82, 2.24) is 14.9 Å². The number of thiazole rings is 2. The van der Waals surface area contributed by atoms with E-state index in [-0.39, 0.29) is 11.8 Å². The molecule has 2 aromatic rings. The van der Waals surface area contributed by atoms with Gasteiger partial charge in [-0.25, -0.2) is 9.97 Å². The fraction of sp³-hybridized carbons (Fsp3) is 0.650. The lowest BCUT2D eigenvalue weighted by Crippen LogP contribution is -2.25. The number of carbonyl (C=O) groups is 1. The lowest BCUT2D eigenvalue weighted by Gasteiger charge is -2.13. The van der Waals surface area contributed by atoms with Gasteiger partial charge in [0.2, 0.25) is 5.91 Å². The van der Waals surface area contributed by atoms with Crippen molar-refractivity contribution in [2.45, 2.75) is 54.4 Å². The molecule has 3 rings (SSSR count). The minimum atomic E-state index is 0.00852. The second-order valence-corrected chi connectivity index (χ2v) is 9.14. The molecular weight excluding hydrogens is 390 g/mol. The predicted molar refractivity (Wildman–Crippen MR) is 123 cm³/mol. The number of hydrogen-bond acceptors (Lipinski definition) is 7. The SMILES string of the molecule is CC.Cc1cnc(NC(=O)C(C)C)s1.Cc1cnc(NCCN2CCCC2)s1. The molecule has 1 aliphatic rings. The number of nitrogens with zero attached hydrogens (tertiary/aromatic N) is 3. The zero-order valence-corrected chi connectivity index (χ0v) is 19.7. The maximum Gasteiger partial charge on any atom is 0.228 e. The highest BCUT2D eigenvalue weighted by molar-refractivity contribution is 7.15. The molecule has 0 aromatic carbocycles. The number of rotatable bonds is 6. The molecule has 3 heterocycles. The number of aryl methyl sites for hydroxylation is 2. The second-order valence-electron chi connectivity index (χ2n) is 6.67. The van der Waals surface area contributed by atoms with Gasteiger partial charge in [-0.05, 0) is 39.8 Å². The lowest BCUT2D eigenvalue weighted by atomic mass is 10.2. The van der Waals surface area contributed by atoms with E-state index in [4.69, 9.17) is 0 Å². The number of carbonyl (C=O) groups excluding carboxylic acids is 1. The molecule has 28 heavy (non-hydrogen) atoms. The average Bonchev–Trinajstić information content (AvgIpc) is 3.41. The molecule has 0 saturated carbocycles. The molecular formula is C20H35N5OS2. The molecule has 8 heteroatoms. The molecule has 158 valence electrons. The Hall–Kier alpha value is -1.51. The maximum absolute atomic E-state index is 11.2. The topological polar surface area (TPSA) is 70.1 Å². The van der Waals surface area contributed by atoms with Gasteiger partial charge < -0.3 is 15.5 Å². The van der Waals surface area contributed by atoms with Crippen LogP contribution < -0.4 is 10.6 Å². The minimum absolute atomic E-state index is 0.00852. The first-order chi connectivity index (χ1) is 13.4. The third-order valence-corrected chi connectivity index (χ3v) is 5.60. The second kappa shape index (κ2) is 13.6. The molecule has 0 spiro atoms. The Labute approximate surface area is 177 Å². The van der Waals surface area contributed by atoms with Gasteiger partial charge in [-0.3, -0.25) is 4.79 Å². The lowest BCUT2D eigenvalue weighted by molar-refractivity contribution is -0.118. The fourth-order valence-electron chi connectivity index (χ4n) is 2.43. The summed E-state index contributed by atoms with van der Waals surface area (Å²) >= 11 is 3.22. The molecule has 6 nitrogen and oxygen atoms in total. The Morgan fingerprint density at radius 2 is 1.61 bits per heavy atom. The highest BCUT2D eigenvalue weighted by Crippen LogP contribution is 2.17. The molecule has 2 N–H and O–H groups in total. The van der Waals surface area contributed by atoms with Gasteiger partial charge in [0, 0.05) is 41.2 Å². The third-order valence-electron chi connectivity index (χ3n) is 3.90. The van der Waals surface area contributed by atoms with E-state index in [0.29, 0.717) is 5.13 Å². The van der Waals surface area contributed by atoms with Crippen molar-refractivity contribution in [1.29, 1.82) is 0 Å².